The van der Waals surface area contributed by atoms with E-state index < -0.39 is 17.6 Å². The normalized spacial score (nSPS) is 11.8. The van der Waals surface area contributed by atoms with Crippen LogP contribution in [0.4, 0.5) is 17.6 Å². The van der Waals surface area contributed by atoms with Crippen LogP contribution in [0.15, 0.2) is 24.5 Å². The molecule has 1 N–H and O–H groups in total. The molecule has 0 bridgehead atoms. The Morgan fingerprint density at radius 2 is 1.88 bits per heavy atom. The maximum absolute atomic E-state index is 13.0. The van der Waals surface area contributed by atoms with Crippen LogP contribution in [0.1, 0.15) is 5.56 Å². The molecule has 0 unspecified atom stereocenters. The average Bonchev–Trinajstić information content (AvgIpc) is 2.68. The van der Waals surface area contributed by atoms with Gasteiger partial charge < -0.3 is 0 Å². The smallest absolute Gasteiger partial charge is 0.259 e. The monoisotopic (exact) mass is 231 g/mol. The fourth-order valence-electron chi connectivity index (χ4n) is 1.23. The Kier molecular flexibility index (Phi) is 2.37. The summed E-state index contributed by atoms with van der Waals surface area (Å²) in [5.41, 5.74) is -1.05. The largest absolute Gasteiger partial charge is 0.416 e. The van der Waals surface area contributed by atoms with E-state index in [-0.39, 0.29) is 11.4 Å². The first-order chi connectivity index (χ1) is 7.47. The first kappa shape index (κ1) is 10.6. The van der Waals surface area contributed by atoms with Crippen molar-refractivity contribution in [3.63, 3.8) is 0 Å². The van der Waals surface area contributed by atoms with Crippen molar-refractivity contribution in [2.45, 2.75) is 6.18 Å². The lowest BCUT2D eigenvalue weighted by Gasteiger charge is -2.07. The summed E-state index contributed by atoms with van der Waals surface area (Å²) < 4.78 is 50.1. The fourth-order valence-corrected chi connectivity index (χ4v) is 1.23. The molecule has 3 nitrogen and oxygen atoms in total. The number of aromatic amines is 1. The van der Waals surface area contributed by atoms with Gasteiger partial charge in [0.15, 0.2) is 5.82 Å². The van der Waals surface area contributed by atoms with E-state index in [1.165, 1.54) is 0 Å². The van der Waals surface area contributed by atoms with Crippen LogP contribution >= 0.6 is 0 Å². The van der Waals surface area contributed by atoms with E-state index in [4.69, 9.17) is 0 Å². The van der Waals surface area contributed by atoms with E-state index in [1.807, 2.05) is 0 Å². The molecule has 2 rings (SSSR count). The Morgan fingerprint density at radius 1 is 1.12 bits per heavy atom. The second-order valence-corrected chi connectivity index (χ2v) is 3.06. The topological polar surface area (TPSA) is 41.6 Å². The molecule has 0 saturated carbocycles. The Morgan fingerprint density at radius 3 is 2.44 bits per heavy atom. The Hall–Kier alpha value is -1.92. The molecule has 0 saturated heterocycles. The van der Waals surface area contributed by atoms with E-state index in [2.05, 4.69) is 15.2 Å². The van der Waals surface area contributed by atoms with Crippen LogP contribution in [-0.4, -0.2) is 15.2 Å². The van der Waals surface area contributed by atoms with Crippen molar-refractivity contribution < 1.29 is 17.6 Å². The SMILES string of the molecule is Fc1cc(-c2ncn[nH]2)cc(C(F)(F)F)c1. The molecular formula is C9H5F4N3. The summed E-state index contributed by atoms with van der Waals surface area (Å²) in [6.45, 7) is 0. The predicted molar refractivity (Wildman–Crippen MR) is 46.8 cm³/mol. The van der Waals surface area contributed by atoms with E-state index in [0.717, 1.165) is 18.5 Å². The summed E-state index contributed by atoms with van der Waals surface area (Å²) in [6, 6.07) is 2.19. The van der Waals surface area contributed by atoms with Crippen molar-refractivity contribution in [3.8, 4) is 11.4 Å². The molecule has 0 radical (unpaired) electrons. The van der Waals surface area contributed by atoms with Crippen molar-refractivity contribution >= 4 is 0 Å². The number of benzene rings is 1. The minimum atomic E-state index is -4.59. The lowest BCUT2D eigenvalue weighted by atomic mass is 10.1. The molecule has 0 atom stereocenters. The van der Waals surface area contributed by atoms with Crippen LogP contribution in [0.2, 0.25) is 0 Å². The van der Waals surface area contributed by atoms with Gasteiger partial charge in [0.05, 0.1) is 5.56 Å². The molecule has 7 heteroatoms. The molecule has 0 spiro atoms. The van der Waals surface area contributed by atoms with Crippen LogP contribution in [0.3, 0.4) is 0 Å². The van der Waals surface area contributed by atoms with E-state index in [1.54, 1.807) is 0 Å². The van der Waals surface area contributed by atoms with E-state index in [9.17, 15) is 17.6 Å². The van der Waals surface area contributed by atoms with Gasteiger partial charge in [-0.2, -0.15) is 18.3 Å². The van der Waals surface area contributed by atoms with Gasteiger partial charge in [0.2, 0.25) is 0 Å². The molecule has 0 aliphatic rings. The second kappa shape index (κ2) is 3.58. The zero-order valence-corrected chi connectivity index (χ0v) is 7.72. The van der Waals surface area contributed by atoms with Gasteiger partial charge in [0.25, 0.3) is 0 Å². The van der Waals surface area contributed by atoms with E-state index >= 15 is 0 Å². The van der Waals surface area contributed by atoms with Crippen molar-refractivity contribution in [2.24, 2.45) is 0 Å². The quantitative estimate of drug-likeness (QED) is 0.766. The summed E-state index contributed by atoms with van der Waals surface area (Å²) in [7, 11) is 0. The molecule has 84 valence electrons. The summed E-state index contributed by atoms with van der Waals surface area (Å²) in [6.07, 6.45) is -3.45. The third-order valence-corrected chi connectivity index (χ3v) is 1.91. The molecule has 1 heterocycles. The maximum atomic E-state index is 13.0. The minimum Gasteiger partial charge on any atom is -0.259 e. The number of nitrogens with zero attached hydrogens (tertiary/aromatic N) is 2. The van der Waals surface area contributed by atoms with Crippen LogP contribution in [-0.2, 0) is 6.18 Å². The molecule has 16 heavy (non-hydrogen) atoms. The molecule has 0 fully saturated rings. The Balaban J connectivity index is 2.53. The Labute approximate surface area is 87.1 Å². The van der Waals surface area contributed by atoms with Gasteiger partial charge in [0, 0.05) is 5.56 Å². The summed E-state index contributed by atoms with van der Waals surface area (Å²) in [5.74, 6) is -0.883. The van der Waals surface area contributed by atoms with Crippen LogP contribution in [0.5, 0.6) is 0 Å². The number of hydrogen-bond acceptors (Lipinski definition) is 2. The van der Waals surface area contributed by atoms with Gasteiger partial charge in [-0.25, -0.2) is 9.37 Å². The Bertz CT molecular complexity index is 490. The lowest BCUT2D eigenvalue weighted by Crippen LogP contribution is -2.05. The number of H-pyrrole nitrogens is 1. The zero-order valence-electron chi connectivity index (χ0n) is 7.72. The molecule has 0 amide bonds. The number of hydrogen-bond donors (Lipinski definition) is 1. The highest BCUT2D eigenvalue weighted by Crippen LogP contribution is 2.32. The number of rotatable bonds is 1. The molecule has 1 aromatic carbocycles. The first-order valence-electron chi connectivity index (χ1n) is 4.20. The molecule has 0 aliphatic carbocycles. The van der Waals surface area contributed by atoms with Crippen molar-refractivity contribution in [1.82, 2.24) is 15.2 Å². The van der Waals surface area contributed by atoms with Gasteiger partial charge in [-0.3, -0.25) is 5.10 Å². The number of aromatic nitrogens is 3. The highest BCUT2D eigenvalue weighted by Gasteiger charge is 2.31. The maximum Gasteiger partial charge on any atom is 0.416 e. The summed E-state index contributed by atoms with van der Waals surface area (Å²) in [4.78, 5) is 3.65. The van der Waals surface area contributed by atoms with Crippen molar-refractivity contribution in [2.75, 3.05) is 0 Å². The van der Waals surface area contributed by atoms with Crippen molar-refractivity contribution in [1.29, 1.82) is 0 Å². The molecule has 2 aromatic rings. The van der Waals surface area contributed by atoms with Gasteiger partial charge in [-0.15, -0.1) is 0 Å². The predicted octanol–water partition coefficient (Wildman–Crippen LogP) is 2.63. The van der Waals surface area contributed by atoms with Gasteiger partial charge in [-0.1, -0.05) is 0 Å². The molecule has 0 aliphatic heterocycles. The number of alkyl halides is 3. The first-order valence-corrected chi connectivity index (χ1v) is 4.20. The average molecular weight is 231 g/mol. The number of halogens is 4. The second-order valence-electron chi connectivity index (χ2n) is 3.06. The highest BCUT2D eigenvalue weighted by atomic mass is 19.4. The number of nitrogens with one attached hydrogen (secondary N) is 1. The van der Waals surface area contributed by atoms with Crippen molar-refractivity contribution in [3.05, 3.63) is 35.9 Å². The fraction of sp³-hybridized carbons (Fsp3) is 0.111. The van der Waals surface area contributed by atoms with Crippen LogP contribution < -0.4 is 0 Å². The van der Waals surface area contributed by atoms with Gasteiger partial charge in [-0.05, 0) is 18.2 Å². The van der Waals surface area contributed by atoms with Gasteiger partial charge >= 0.3 is 6.18 Å². The third kappa shape index (κ3) is 2.02. The van der Waals surface area contributed by atoms with E-state index in [0.29, 0.717) is 6.07 Å². The van der Waals surface area contributed by atoms with Crippen LogP contribution in [0, 0.1) is 5.82 Å². The standard InChI is InChI=1S/C9H5F4N3/c10-7-2-5(8-14-4-15-16-8)1-6(3-7)9(11,12)13/h1-4H,(H,14,15,16). The third-order valence-electron chi connectivity index (χ3n) is 1.91. The summed E-state index contributed by atoms with van der Waals surface area (Å²) in [5, 5.41) is 5.84. The highest BCUT2D eigenvalue weighted by molar-refractivity contribution is 5.56. The zero-order chi connectivity index (χ0) is 11.8. The molecule has 1 aromatic heterocycles. The van der Waals surface area contributed by atoms with Gasteiger partial charge in [0.1, 0.15) is 12.1 Å². The molecular weight excluding hydrogens is 226 g/mol. The lowest BCUT2D eigenvalue weighted by molar-refractivity contribution is -0.137. The minimum absolute atomic E-state index is 0.00447. The van der Waals surface area contributed by atoms with Crippen LogP contribution in [0.25, 0.3) is 11.4 Å². The summed E-state index contributed by atoms with van der Waals surface area (Å²) >= 11 is 0.